The maximum Gasteiger partial charge on any atom is 0.274 e. The Bertz CT molecular complexity index is 724. The summed E-state index contributed by atoms with van der Waals surface area (Å²) < 4.78 is 7.04. The number of hydrogen-bond acceptors (Lipinski definition) is 5. The Balaban J connectivity index is 1.92. The lowest BCUT2D eigenvalue weighted by atomic mass is 10.4. The molecular weight excluding hydrogens is 252 g/mol. The molecule has 1 amide bonds. The van der Waals surface area contributed by atoms with Crippen molar-refractivity contribution in [3.05, 3.63) is 29.1 Å². The molecule has 0 fully saturated rings. The van der Waals surface area contributed by atoms with E-state index in [0.29, 0.717) is 16.4 Å². The number of carbonyl (C=O) groups excluding carboxylic acids is 1. The third-order valence-electron chi connectivity index (χ3n) is 2.64. The zero-order valence-electron chi connectivity index (χ0n) is 9.80. The van der Waals surface area contributed by atoms with Gasteiger partial charge < -0.3 is 8.98 Å². The fourth-order valence-electron chi connectivity index (χ4n) is 1.78. The van der Waals surface area contributed by atoms with Gasteiger partial charge in [-0.05, 0) is 6.92 Å². The number of nitrogens with one attached hydrogen (secondary N) is 1. The highest BCUT2D eigenvalue weighted by molar-refractivity contribution is 7.15. The van der Waals surface area contributed by atoms with Crippen LogP contribution in [0.4, 0.5) is 5.13 Å². The molecule has 0 spiro atoms. The first-order chi connectivity index (χ1) is 8.65. The first kappa shape index (κ1) is 11.0. The number of fused-ring (bicyclic) bond motifs is 1. The molecule has 3 heterocycles. The SMILES string of the molecule is Cc1nnc(NC(=O)c2cc3occc3n2C)s1. The quantitative estimate of drug-likeness (QED) is 0.768. The molecular formula is C11H10N4O2S. The van der Waals surface area contributed by atoms with Crippen molar-refractivity contribution in [3.8, 4) is 0 Å². The smallest absolute Gasteiger partial charge is 0.274 e. The topological polar surface area (TPSA) is 73.0 Å². The van der Waals surface area contributed by atoms with Crippen LogP contribution in [-0.2, 0) is 7.05 Å². The van der Waals surface area contributed by atoms with Gasteiger partial charge in [0.25, 0.3) is 5.91 Å². The van der Waals surface area contributed by atoms with Gasteiger partial charge in [-0.15, -0.1) is 10.2 Å². The molecule has 0 aliphatic carbocycles. The summed E-state index contributed by atoms with van der Waals surface area (Å²) in [6.45, 7) is 1.84. The Morgan fingerprint density at radius 3 is 3.00 bits per heavy atom. The maximum atomic E-state index is 12.1. The molecule has 0 unspecified atom stereocenters. The average Bonchev–Trinajstić information content (AvgIpc) is 2.98. The van der Waals surface area contributed by atoms with E-state index in [9.17, 15) is 4.79 Å². The van der Waals surface area contributed by atoms with Gasteiger partial charge in [0.15, 0.2) is 5.58 Å². The van der Waals surface area contributed by atoms with Gasteiger partial charge in [-0.3, -0.25) is 10.1 Å². The predicted molar refractivity (Wildman–Crippen MR) is 67.8 cm³/mol. The Morgan fingerprint density at radius 1 is 1.50 bits per heavy atom. The van der Waals surface area contributed by atoms with Crippen molar-refractivity contribution < 1.29 is 9.21 Å². The van der Waals surface area contributed by atoms with Crippen LogP contribution in [0.1, 0.15) is 15.5 Å². The van der Waals surface area contributed by atoms with E-state index in [1.165, 1.54) is 11.3 Å². The predicted octanol–water partition coefficient (Wildman–Crippen LogP) is 2.18. The van der Waals surface area contributed by atoms with Gasteiger partial charge in [0, 0.05) is 19.2 Å². The molecule has 92 valence electrons. The second-order valence-corrected chi connectivity index (χ2v) is 5.02. The van der Waals surface area contributed by atoms with Crippen LogP contribution in [0, 0.1) is 6.92 Å². The molecule has 0 atom stereocenters. The molecule has 0 bridgehead atoms. The fourth-order valence-corrected chi connectivity index (χ4v) is 2.36. The van der Waals surface area contributed by atoms with Crippen molar-refractivity contribution in [1.29, 1.82) is 0 Å². The highest BCUT2D eigenvalue weighted by Gasteiger charge is 2.16. The molecule has 6 nitrogen and oxygen atoms in total. The summed E-state index contributed by atoms with van der Waals surface area (Å²) >= 11 is 1.34. The van der Waals surface area contributed by atoms with Crippen molar-refractivity contribution in [2.45, 2.75) is 6.92 Å². The number of furan rings is 1. The molecule has 3 rings (SSSR count). The van der Waals surface area contributed by atoms with Crippen LogP contribution in [0.15, 0.2) is 22.8 Å². The molecule has 7 heteroatoms. The standard InChI is InChI=1S/C11H10N4O2S/c1-6-13-14-11(18-6)12-10(16)8-5-9-7(15(8)2)3-4-17-9/h3-5H,1-2H3,(H,12,14,16). The number of nitrogens with zero attached hydrogens (tertiary/aromatic N) is 3. The monoisotopic (exact) mass is 262 g/mol. The molecule has 1 N–H and O–H groups in total. The highest BCUT2D eigenvalue weighted by Crippen LogP contribution is 2.21. The Kier molecular flexibility index (Phi) is 2.41. The lowest BCUT2D eigenvalue weighted by Gasteiger charge is -2.02. The fraction of sp³-hybridized carbons (Fsp3) is 0.182. The van der Waals surface area contributed by atoms with Crippen LogP contribution in [0.25, 0.3) is 11.1 Å². The van der Waals surface area contributed by atoms with E-state index in [0.717, 1.165) is 10.5 Å². The number of rotatable bonds is 2. The zero-order valence-corrected chi connectivity index (χ0v) is 10.6. The summed E-state index contributed by atoms with van der Waals surface area (Å²) in [6, 6.07) is 3.53. The largest absolute Gasteiger partial charge is 0.463 e. The van der Waals surface area contributed by atoms with Crippen LogP contribution >= 0.6 is 11.3 Å². The van der Waals surface area contributed by atoms with Crippen LogP contribution < -0.4 is 5.32 Å². The van der Waals surface area contributed by atoms with E-state index in [2.05, 4.69) is 15.5 Å². The van der Waals surface area contributed by atoms with Crippen LogP contribution in [0.5, 0.6) is 0 Å². The summed E-state index contributed by atoms with van der Waals surface area (Å²) in [5, 5.41) is 11.7. The summed E-state index contributed by atoms with van der Waals surface area (Å²) in [5.74, 6) is -0.222. The lowest BCUT2D eigenvalue weighted by Crippen LogP contribution is -2.15. The van der Waals surface area contributed by atoms with E-state index in [-0.39, 0.29) is 5.91 Å². The van der Waals surface area contributed by atoms with Crippen molar-refractivity contribution in [3.63, 3.8) is 0 Å². The minimum absolute atomic E-state index is 0.222. The minimum Gasteiger partial charge on any atom is -0.463 e. The van der Waals surface area contributed by atoms with E-state index < -0.39 is 0 Å². The molecule has 3 aromatic heterocycles. The maximum absolute atomic E-state index is 12.1. The Labute approximate surface area is 106 Å². The van der Waals surface area contributed by atoms with Gasteiger partial charge in [0.05, 0.1) is 11.8 Å². The number of hydrogen-bond donors (Lipinski definition) is 1. The van der Waals surface area contributed by atoms with Crippen LogP contribution in [0.2, 0.25) is 0 Å². The first-order valence-corrected chi connectivity index (χ1v) is 6.11. The van der Waals surface area contributed by atoms with E-state index in [1.807, 2.05) is 20.0 Å². The van der Waals surface area contributed by atoms with Crippen molar-refractivity contribution >= 4 is 33.5 Å². The molecule has 0 aliphatic heterocycles. The van der Waals surface area contributed by atoms with Gasteiger partial charge in [0.1, 0.15) is 10.7 Å². The van der Waals surface area contributed by atoms with E-state index >= 15 is 0 Å². The van der Waals surface area contributed by atoms with Gasteiger partial charge in [-0.2, -0.15) is 0 Å². The highest BCUT2D eigenvalue weighted by atomic mass is 32.1. The van der Waals surface area contributed by atoms with Gasteiger partial charge in [-0.25, -0.2) is 0 Å². The average molecular weight is 262 g/mol. The van der Waals surface area contributed by atoms with Gasteiger partial charge in [-0.1, -0.05) is 11.3 Å². The van der Waals surface area contributed by atoms with E-state index in [4.69, 9.17) is 4.42 Å². The van der Waals surface area contributed by atoms with Crippen LogP contribution in [-0.4, -0.2) is 20.7 Å². The van der Waals surface area contributed by atoms with Crippen molar-refractivity contribution in [2.24, 2.45) is 7.05 Å². The van der Waals surface area contributed by atoms with E-state index in [1.54, 1.807) is 16.9 Å². The molecule has 0 aliphatic rings. The second kappa shape index (κ2) is 3.95. The Morgan fingerprint density at radius 2 is 2.33 bits per heavy atom. The summed E-state index contributed by atoms with van der Waals surface area (Å²) in [5.41, 5.74) is 2.10. The number of aryl methyl sites for hydroxylation is 2. The molecule has 0 radical (unpaired) electrons. The molecule has 3 aromatic rings. The van der Waals surface area contributed by atoms with Crippen LogP contribution in [0.3, 0.4) is 0 Å². The number of carbonyl (C=O) groups is 1. The summed E-state index contributed by atoms with van der Waals surface area (Å²) in [6.07, 6.45) is 1.60. The molecule has 0 aromatic carbocycles. The first-order valence-electron chi connectivity index (χ1n) is 5.29. The zero-order chi connectivity index (χ0) is 12.7. The minimum atomic E-state index is -0.222. The Hall–Kier alpha value is -2.15. The third-order valence-corrected chi connectivity index (χ3v) is 3.40. The lowest BCUT2D eigenvalue weighted by molar-refractivity contribution is 0.101. The number of aromatic nitrogens is 3. The number of amides is 1. The summed E-state index contributed by atoms with van der Waals surface area (Å²) in [7, 11) is 1.82. The normalized spacial score (nSPS) is 11.0. The van der Waals surface area contributed by atoms with Gasteiger partial charge >= 0.3 is 0 Å². The second-order valence-electron chi connectivity index (χ2n) is 3.84. The molecule has 0 saturated carbocycles. The molecule has 18 heavy (non-hydrogen) atoms. The molecule has 0 saturated heterocycles. The van der Waals surface area contributed by atoms with Crippen molar-refractivity contribution in [1.82, 2.24) is 14.8 Å². The number of anilines is 1. The summed E-state index contributed by atoms with van der Waals surface area (Å²) in [4.78, 5) is 12.1. The van der Waals surface area contributed by atoms with Gasteiger partial charge in [0.2, 0.25) is 5.13 Å². The third kappa shape index (κ3) is 1.68. The van der Waals surface area contributed by atoms with Crippen molar-refractivity contribution in [2.75, 3.05) is 5.32 Å².